The van der Waals surface area contributed by atoms with E-state index in [9.17, 15) is 0 Å². The van der Waals surface area contributed by atoms with Gasteiger partial charge in [-0.3, -0.25) is 0 Å². The van der Waals surface area contributed by atoms with E-state index in [0.717, 1.165) is 21.5 Å². The molecule has 0 aliphatic carbocycles. The second-order valence-electron chi connectivity index (χ2n) is 3.82. The maximum atomic E-state index is 5.85. The zero-order valence-electron chi connectivity index (χ0n) is 10.0. The van der Waals surface area contributed by atoms with Gasteiger partial charge in [0.2, 0.25) is 0 Å². The average molecular weight is 308 g/mol. The van der Waals surface area contributed by atoms with Crippen molar-refractivity contribution in [3.05, 3.63) is 52.5 Å². The Morgan fingerprint density at radius 3 is 2.78 bits per heavy atom. The van der Waals surface area contributed by atoms with Gasteiger partial charge in [0.1, 0.15) is 12.1 Å². The molecule has 1 aromatic carbocycles. The van der Waals surface area contributed by atoms with Gasteiger partial charge in [-0.2, -0.15) is 0 Å². The zero-order chi connectivity index (χ0) is 13.0. The van der Waals surface area contributed by atoms with Crippen molar-refractivity contribution in [3.8, 4) is 5.75 Å². The molecular weight excluding hydrogens is 294 g/mol. The van der Waals surface area contributed by atoms with E-state index in [1.54, 1.807) is 13.3 Å². The lowest BCUT2D eigenvalue weighted by atomic mass is 9.95. The van der Waals surface area contributed by atoms with E-state index in [2.05, 4.69) is 25.9 Å². The van der Waals surface area contributed by atoms with Crippen molar-refractivity contribution in [2.45, 2.75) is 5.92 Å². The molecule has 0 amide bonds. The van der Waals surface area contributed by atoms with Gasteiger partial charge >= 0.3 is 0 Å². The standard InChI is InChI=1S/C13H14BrN3O/c1-18-13-3-2-9(6-11(13)14)10(7-15)12-4-5-16-8-17-12/h2-6,8,10H,7,15H2,1H3. The van der Waals surface area contributed by atoms with E-state index in [1.807, 2.05) is 24.3 Å². The van der Waals surface area contributed by atoms with E-state index in [1.165, 1.54) is 6.33 Å². The van der Waals surface area contributed by atoms with Gasteiger partial charge in [-0.25, -0.2) is 9.97 Å². The van der Waals surface area contributed by atoms with Crippen molar-refractivity contribution in [1.29, 1.82) is 0 Å². The van der Waals surface area contributed by atoms with Crippen LogP contribution in [0.2, 0.25) is 0 Å². The SMILES string of the molecule is COc1ccc(C(CN)c2ccncn2)cc1Br. The number of aromatic nitrogens is 2. The van der Waals surface area contributed by atoms with Gasteiger partial charge < -0.3 is 10.5 Å². The minimum atomic E-state index is 0.0650. The maximum Gasteiger partial charge on any atom is 0.133 e. The van der Waals surface area contributed by atoms with Crippen LogP contribution in [0.25, 0.3) is 0 Å². The molecule has 0 saturated heterocycles. The van der Waals surface area contributed by atoms with Gasteiger partial charge in [0.15, 0.2) is 0 Å². The van der Waals surface area contributed by atoms with Gasteiger partial charge in [0, 0.05) is 18.7 Å². The predicted octanol–water partition coefficient (Wildman–Crippen LogP) is 2.34. The third kappa shape index (κ3) is 2.68. The molecule has 1 atom stereocenters. The molecule has 1 heterocycles. The van der Waals surface area contributed by atoms with Crippen molar-refractivity contribution in [2.24, 2.45) is 5.73 Å². The van der Waals surface area contributed by atoms with Gasteiger partial charge in [-0.15, -0.1) is 0 Å². The Hall–Kier alpha value is -1.46. The van der Waals surface area contributed by atoms with Crippen LogP contribution in [0.4, 0.5) is 0 Å². The second kappa shape index (κ2) is 5.93. The number of rotatable bonds is 4. The van der Waals surface area contributed by atoms with Crippen molar-refractivity contribution < 1.29 is 4.74 Å². The van der Waals surface area contributed by atoms with Crippen molar-refractivity contribution in [2.75, 3.05) is 13.7 Å². The number of benzene rings is 1. The summed E-state index contributed by atoms with van der Waals surface area (Å²) in [7, 11) is 1.64. The number of ether oxygens (including phenoxy) is 1. The fourth-order valence-electron chi connectivity index (χ4n) is 1.83. The zero-order valence-corrected chi connectivity index (χ0v) is 11.6. The number of nitrogens with zero attached hydrogens (tertiary/aromatic N) is 2. The molecule has 0 radical (unpaired) electrons. The van der Waals surface area contributed by atoms with Crippen molar-refractivity contribution in [3.63, 3.8) is 0 Å². The van der Waals surface area contributed by atoms with Crippen LogP contribution >= 0.6 is 15.9 Å². The quantitative estimate of drug-likeness (QED) is 0.942. The van der Waals surface area contributed by atoms with Crippen LogP contribution in [0.15, 0.2) is 41.3 Å². The summed E-state index contributed by atoms with van der Waals surface area (Å²) in [6.07, 6.45) is 3.26. The largest absolute Gasteiger partial charge is 0.496 e. The molecule has 0 aliphatic heterocycles. The Balaban J connectivity index is 2.37. The summed E-state index contributed by atoms with van der Waals surface area (Å²) in [5, 5.41) is 0. The molecule has 2 N–H and O–H groups in total. The highest BCUT2D eigenvalue weighted by molar-refractivity contribution is 9.10. The summed E-state index contributed by atoms with van der Waals surface area (Å²) < 4.78 is 6.13. The van der Waals surface area contributed by atoms with Crippen LogP contribution in [-0.4, -0.2) is 23.6 Å². The van der Waals surface area contributed by atoms with Crippen LogP contribution in [0.5, 0.6) is 5.75 Å². The van der Waals surface area contributed by atoms with Crippen molar-refractivity contribution >= 4 is 15.9 Å². The lowest BCUT2D eigenvalue weighted by Crippen LogP contribution is -2.15. The van der Waals surface area contributed by atoms with E-state index in [4.69, 9.17) is 10.5 Å². The molecule has 18 heavy (non-hydrogen) atoms. The number of nitrogens with two attached hydrogens (primary N) is 1. The fourth-order valence-corrected chi connectivity index (χ4v) is 2.39. The van der Waals surface area contributed by atoms with Crippen LogP contribution in [0.3, 0.4) is 0 Å². The highest BCUT2D eigenvalue weighted by atomic mass is 79.9. The molecule has 0 fully saturated rings. The summed E-state index contributed by atoms with van der Waals surface area (Å²) >= 11 is 3.48. The summed E-state index contributed by atoms with van der Waals surface area (Å²) in [6, 6.07) is 7.82. The number of hydrogen-bond acceptors (Lipinski definition) is 4. The molecular formula is C13H14BrN3O. The molecule has 1 unspecified atom stereocenters. The minimum Gasteiger partial charge on any atom is -0.496 e. The van der Waals surface area contributed by atoms with E-state index >= 15 is 0 Å². The number of halogens is 1. The molecule has 94 valence electrons. The number of methoxy groups -OCH3 is 1. The molecule has 2 rings (SSSR count). The molecule has 4 nitrogen and oxygen atoms in total. The monoisotopic (exact) mass is 307 g/mol. The fraction of sp³-hybridized carbons (Fsp3) is 0.231. The second-order valence-corrected chi connectivity index (χ2v) is 4.67. The molecule has 0 aliphatic rings. The summed E-state index contributed by atoms with van der Waals surface area (Å²) in [5.74, 6) is 0.868. The van der Waals surface area contributed by atoms with E-state index in [0.29, 0.717) is 6.54 Å². The van der Waals surface area contributed by atoms with E-state index < -0.39 is 0 Å². The first-order valence-corrected chi connectivity index (χ1v) is 6.35. The first-order chi connectivity index (χ1) is 8.76. The molecule has 0 bridgehead atoms. The summed E-state index contributed by atoms with van der Waals surface area (Å²) in [4.78, 5) is 8.18. The third-order valence-corrected chi connectivity index (χ3v) is 3.40. The molecule has 0 saturated carbocycles. The van der Waals surface area contributed by atoms with Crippen molar-refractivity contribution in [1.82, 2.24) is 9.97 Å². The highest BCUT2D eigenvalue weighted by Gasteiger charge is 2.15. The van der Waals surface area contributed by atoms with Gasteiger partial charge in [0.25, 0.3) is 0 Å². The topological polar surface area (TPSA) is 61.0 Å². The number of hydrogen-bond donors (Lipinski definition) is 1. The van der Waals surface area contributed by atoms with E-state index in [-0.39, 0.29) is 5.92 Å². The Morgan fingerprint density at radius 1 is 1.39 bits per heavy atom. The lowest BCUT2D eigenvalue weighted by molar-refractivity contribution is 0.412. The minimum absolute atomic E-state index is 0.0650. The molecule has 5 heteroatoms. The smallest absolute Gasteiger partial charge is 0.133 e. The van der Waals surface area contributed by atoms with Crippen LogP contribution in [0.1, 0.15) is 17.2 Å². The molecule has 1 aromatic heterocycles. The third-order valence-electron chi connectivity index (χ3n) is 2.78. The lowest BCUT2D eigenvalue weighted by Gasteiger charge is -2.15. The Morgan fingerprint density at radius 2 is 2.22 bits per heavy atom. The molecule has 2 aromatic rings. The Bertz CT molecular complexity index is 519. The van der Waals surface area contributed by atoms with Gasteiger partial charge in [-0.1, -0.05) is 6.07 Å². The summed E-state index contributed by atoms with van der Waals surface area (Å²) in [6.45, 7) is 0.496. The molecule has 0 spiro atoms. The normalized spacial score (nSPS) is 12.2. The average Bonchev–Trinajstić information content (AvgIpc) is 2.41. The first kappa shape index (κ1) is 13.0. The predicted molar refractivity (Wildman–Crippen MR) is 73.6 cm³/mol. The summed E-state index contributed by atoms with van der Waals surface area (Å²) in [5.41, 5.74) is 7.87. The van der Waals surface area contributed by atoms with Gasteiger partial charge in [0.05, 0.1) is 17.3 Å². The first-order valence-electron chi connectivity index (χ1n) is 5.55. The van der Waals surface area contributed by atoms with Crippen LogP contribution in [0, 0.1) is 0 Å². The van der Waals surface area contributed by atoms with Crippen LogP contribution < -0.4 is 10.5 Å². The highest BCUT2D eigenvalue weighted by Crippen LogP contribution is 2.30. The Kier molecular flexibility index (Phi) is 4.28. The Labute approximate surface area is 114 Å². The van der Waals surface area contributed by atoms with Gasteiger partial charge in [-0.05, 0) is 39.7 Å². The van der Waals surface area contributed by atoms with Crippen LogP contribution in [-0.2, 0) is 0 Å². The maximum absolute atomic E-state index is 5.85.